The van der Waals surface area contributed by atoms with Crippen LogP contribution in [0.25, 0.3) is 10.4 Å². The minimum absolute atomic E-state index is 0.108. The van der Waals surface area contributed by atoms with E-state index in [0.29, 0.717) is 0 Å². The average Bonchev–Trinajstić information content (AvgIpc) is 1.86. The van der Waals surface area contributed by atoms with E-state index in [1.165, 1.54) is 6.92 Å². The molecule has 0 unspecified atom stereocenters. The van der Waals surface area contributed by atoms with Crippen LogP contribution in [-0.2, 0) is 0 Å². The van der Waals surface area contributed by atoms with Crippen molar-refractivity contribution in [1.82, 2.24) is 0 Å². The molecule has 0 bridgehead atoms. The lowest BCUT2D eigenvalue weighted by molar-refractivity contribution is -0.207. The predicted molar refractivity (Wildman–Crippen MR) is 33.9 cm³/mol. The number of rotatable bonds is 4. The molecule has 12 heavy (non-hydrogen) atoms. The van der Waals surface area contributed by atoms with Crippen LogP contribution >= 0.6 is 0 Å². The second kappa shape index (κ2) is 3.62. The minimum Gasteiger partial charge on any atom is -0.200 e. The molecule has 0 aliphatic rings. The standard InChI is InChI=1S/C5H7F4N3/c1-2-3-4(6,7)5(8,9)11-12-10/h2-3H2,1H3. The maximum absolute atomic E-state index is 12.4. The molecule has 0 atom stereocenters. The summed E-state index contributed by atoms with van der Waals surface area (Å²) in [5.74, 6) is -4.26. The Morgan fingerprint density at radius 2 is 1.83 bits per heavy atom. The van der Waals surface area contributed by atoms with E-state index in [0.717, 1.165) is 0 Å². The van der Waals surface area contributed by atoms with Crippen LogP contribution in [0.3, 0.4) is 0 Å². The Kier molecular flexibility index (Phi) is 3.33. The Balaban J connectivity index is 4.61. The van der Waals surface area contributed by atoms with Gasteiger partial charge in [0.05, 0.1) is 0 Å². The van der Waals surface area contributed by atoms with Gasteiger partial charge in [-0.05, 0) is 10.6 Å². The molecule has 0 aliphatic carbocycles. The van der Waals surface area contributed by atoms with Gasteiger partial charge in [0, 0.05) is 11.3 Å². The summed E-state index contributed by atoms with van der Waals surface area (Å²) >= 11 is 0. The number of alkyl halides is 4. The first-order valence-corrected chi connectivity index (χ1v) is 3.19. The van der Waals surface area contributed by atoms with Gasteiger partial charge < -0.3 is 0 Å². The summed E-state index contributed by atoms with van der Waals surface area (Å²) in [6.07, 6.45) is -1.11. The van der Waals surface area contributed by atoms with Gasteiger partial charge in [0.2, 0.25) is 0 Å². The van der Waals surface area contributed by atoms with E-state index >= 15 is 0 Å². The van der Waals surface area contributed by atoms with Gasteiger partial charge in [-0.1, -0.05) is 13.3 Å². The van der Waals surface area contributed by atoms with Gasteiger partial charge in [0.1, 0.15) is 0 Å². The maximum Gasteiger partial charge on any atom is 0.387 e. The van der Waals surface area contributed by atoms with Gasteiger partial charge in [-0.2, -0.15) is 17.6 Å². The first-order valence-electron chi connectivity index (χ1n) is 3.19. The Morgan fingerprint density at radius 3 is 2.17 bits per heavy atom. The predicted octanol–water partition coefficient (Wildman–Crippen LogP) is 3.32. The van der Waals surface area contributed by atoms with Gasteiger partial charge in [-0.25, -0.2) is 0 Å². The Morgan fingerprint density at radius 1 is 1.33 bits per heavy atom. The third kappa shape index (κ3) is 2.27. The summed E-state index contributed by atoms with van der Waals surface area (Å²) in [6.45, 7) is 1.33. The summed E-state index contributed by atoms with van der Waals surface area (Å²) in [7, 11) is 0. The summed E-state index contributed by atoms with van der Waals surface area (Å²) in [5.41, 5.74) is 7.58. The molecule has 70 valence electrons. The Hall–Kier alpha value is -0.970. The van der Waals surface area contributed by atoms with Crippen LogP contribution in [0.4, 0.5) is 17.6 Å². The molecule has 0 fully saturated rings. The van der Waals surface area contributed by atoms with Gasteiger partial charge in [-0.3, -0.25) is 0 Å². The topological polar surface area (TPSA) is 48.8 Å². The van der Waals surface area contributed by atoms with Crippen LogP contribution in [-0.4, -0.2) is 12.0 Å². The highest BCUT2D eigenvalue weighted by Crippen LogP contribution is 2.38. The third-order valence-electron chi connectivity index (χ3n) is 1.17. The van der Waals surface area contributed by atoms with Crippen LogP contribution in [0, 0.1) is 0 Å². The molecule has 0 aliphatic heterocycles. The van der Waals surface area contributed by atoms with Crippen molar-refractivity contribution in [3.63, 3.8) is 0 Å². The molecule has 3 nitrogen and oxygen atoms in total. The van der Waals surface area contributed by atoms with Gasteiger partial charge in [0.15, 0.2) is 0 Å². The second-order valence-electron chi connectivity index (χ2n) is 2.19. The lowest BCUT2D eigenvalue weighted by atomic mass is 10.2. The van der Waals surface area contributed by atoms with Crippen molar-refractivity contribution in [2.24, 2.45) is 5.11 Å². The molecule has 0 aromatic carbocycles. The van der Waals surface area contributed by atoms with E-state index < -0.39 is 18.4 Å². The summed E-state index contributed by atoms with van der Waals surface area (Å²) in [6, 6.07) is -4.63. The first kappa shape index (κ1) is 11.0. The fourth-order valence-corrected chi connectivity index (χ4v) is 0.594. The molecular formula is C5H7F4N3. The number of hydrogen-bond donors (Lipinski definition) is 0. The third-order valence-corrected chi connectivity index (χ3v) is 1.17. The first-order chi connectivity index (χ1) is 5.37. The quantitative estimate of drug-likeness (QED) is 0.212. The molecular weight excluding hydrogens is 178 g/mol. The summed E-state index contributed by atoms with van der Waals surface area (Å²) in [4.78, 5) is 1.65. The number of hydrogen-bond acceptors (Lipinski definition) is 1. The van der Waals surface area contributed by atoms with Gasteiger partial charge >= 0.3 is 12.0 Å². The van der Waals surface area contributed by atoms with Crippen LogP contribution in [0.2, 0.25) is 0 Å². The summed E-state index contributed by atoms with van der Waals surface area (Å²) in [5, 5.41) is 1.74. The monoisotopic (exact) mass is 185 g/mol. The Bertz CT molecular complexity index is 197. The molecule has 7 heteroatoms. The molecule has 0 N–H and O–H groups in total. The fourth-order valence-electron chi connectivity index (χ4n) is 0.594. The average molecular weight is 185 g/mol. The van der Waals surface area contributed by atoms with E-state index in [1.807, 2.05) is 0 Å². The van der Waals surface area contributed by atoms with Crippen molar-refractivity contribution in [2.45, 2.75) is 31.7 Å². The zero-order valence-corrected chi connectivity index (χ0v) is 6.27. The highest BCUT2D eigenvalue weighted by molar-refractivity contribution is 4.82. The molecule has 0 saturated carbocycles. The zero-order valence-electron chi connectivity index (χ0n) is 6.27. The molecule has 0 rings (SSSR count). The van der Waals surface area contributed by atoms with Crippen LogP contribution in [0.1, 0.15) is 19.8 Å². The molecule has 0 amide bonds. The fraction of sp³-hybridized carbons (Fsp3) is 1.00. The van der Waals surface area contributed by atoms with E-state index in [-0.39, 0.29) is 6.42 Å². The zero-order chi connectivity index (χ0) is 9.83. The second-order valence-corrected chi connectivity index (χ2v) is 2.19. The van der Waals surface area contributed by atoms with E-state index in [9.17, 15) is 17.6 Å². The minimum atomic E-state index is -4.63. The Labute approximate surface area is 66.0 Å². The SMILES string of the molecule is CCCC(F)(F)C(F)(F)N=[N+]=[N-]. The van der Waals surface area contributed by atoms with Crippen molar-refractivity contribution < 1.29 is 17.6 Å². The largest absolute Gasteiger partial charge is 0.387 e. The normalized spacial score (nSPS) is 12.4. The van der Waals surface area contributed by atoms with Crippen molar-refractivity contribution in [1.29, 1.82) is 0 Å². The summed E-state index contributed by atoms with van der Waals surface area (Å²) < 4.78 is 49.2. The van der Waals surface area contributed by atoms with E-state index in [2.05, 4.69) is 0 Å². The van der Waals surface area contributed by atoms with Crippen molar-refractivity contribution in [3.8, 4) is 0 Å². The molecule has 0 aromatic heterocycles. The molecule has 0 radical (unpaired) electrons. The number of nitrogens with zero attached hydrogens (tertiary/aromatic N) is 3. The number of halogens is 4. The van der Waals surface area contributed by atoms with E-state index in [1.54, 1.807) is 10.0 Å². The van der Waals surface area contributed by atoms with Gasteiger partial charge in [-0.15, -0.1) is 0 Å². The van der Waals surface area contributed by atoms with E-state index in [4.69, 9.17) is 5.53 Å². The molecule has 0 spiro atoms. The van der Waals surface area contributed by atoms with Crippen LogP contribution < -0.4 is 0 Å². The lowest BCUT2D eigenvalue weighted by Gasteiger charge is -2.21. The van der Waals surface area contributed by atoms with Crippen molar-refractivity contribution >= 4 is 0 Å². The molecule has 0 heterocycles. The highest BCUT2D eigenvalue weighted by atomic mass is 19.3. The van der Waals surface area contributed by atoms with Crippen LogP contribution in [0.15, 0.2) is 5.11 Å². The van der Waals surface area contributed by atoms with Crippen molar-refractivity contribution in [3.05, 3.63) is 10.4 Å². The molecule has 0 saturated heterocycles. The highest BCUT2D eigenvalue weighted by Gasteiger charge is 2.54. The van der Waals surface area contributed by atoms with Gasteiger partial charge in [0.25, 0.3) is 0 Å². The smallest absolute Gasteiger partial charge is 0.200 e. The van der Waals surface area contributed by atoms with Crippen molar-refractivity contribution in [2.75, 3.05) is 0 Å². The maximum atomic E-state index is 12.4. The molecule has 0 aromatic rings. The number of azide groups is 1. The lowest BCUT2D eigenvalue weighted by Crippen LogP contribution is -2.38. The van der Waals surface area contributed by atoms with Crippen LogP contribution in [0.5, 0.6) is 0 Å².